The third kappa shape index (κ3) is 5.29. The molecule has 0 unspecified atom stereocenters. The fourth-order valence-electron chi connectivity index (χ4n) is 3.35. The summed E-state index contributed by atoms with van der Waals surface area (Å²) in [5.74, 6) is 0.514. The number of imidazole rings is 2. The number of rotatable bonds is 7. The Hall–Kier alpha value is -3.20. The molecule has 0 fully saturated rings. The van der Waals surface area contributed by atoms with Crippen LogP contribution >= 0.6 is 11.6 Å². The molecule has 0 amide bonds. The van der Waals surface area contributed by atoms with Crippen LogP contribution in [-0.4, -0.2) is 42.6 Å². The van der Waals surface area contributed by atoms with E-state index < -0.39 is 0 Å². The number of carbonyl (C=O) groups excluding carboxylic acids is 1. The molecule has 0 aliphatic carbocycles. The van der Waals surface area contributed by atoms with Gasteiger partial charge < -0.3 is 24.8 Å². The van der Waals surface area contributed by atoms with Crippen molar-refractivity contribution in [2.24, 2.45) is 0 Å². The zero-order chi connectivity index (χ0) is 20.2. The molecule has 4 N–H and O–H groups in total. The van der Waals surface area contributed by atoms with E-state index in [1.54, 1.807) is 25.3 Å². The van der Waals surface area contributed by atoms with Gasteiger partial charge >= 0.3 is 5.97 Å². The minimum Gasteiger partial charge on any atom is -0.462 e. The summed E-state index contributed by atoms with van der Waals surface area (Å²) >= 11 is 6.06. The second kappa shape index (κ2) is 10.7. The van der Waals surface area contributed by atoms with Crippen LogP contribution in [0.4, 0.5) is 0 Å². The van der Waals surface area contributed by atoms with Crippen molar-refractivity contribution < 1.29 is 20.5 Å². The average Bonchev–Trinajstić information content (AvgIpc) is 3.36. The molecular formula is C22H25ClN4O4. The van der Waals surface area contributed by atoms with Gasteiger partial charge in [0.15, 0.2) is 0 Å². The first-order valence-electron chi connectivity index (χ1n) is 9.55. The molecule has 0 radical (unpaired) electrons. The molecule has 2 aromatic heterocycles. The summed E-state index contributed by atoms with van der Waals surface area (Å²) < 4.78 is 9.36. The van der Waals surface area contributed by atoms with E-state index >= 15 is 0 Å². The van der Waals surface area contributed by atoms with Crippen LogP contribution in [-0.2, 0) is 17.8 Å². The van der Waals surface area contributed by atoms with E-state index in [0.717, 1.165) is 41.9 Å². The Labute approximate surface area is 184 Å². The van der Waals surface area contributed by atoms with E-state index in [0.29, 0.717) is 17.2 Å². The van der Waals surface area contributed by atoms with Crippen molar-refractivity contribution in [1.29, 1.82) is 0 Å². The van der Waals surface area contributed by atoms with Crippen molar-refractivity contribution in [3.8, 4) is 11.4 Å². The van der Waals surface area contributed by atoms with Gasteiger partial charge in [-0.15, -0.1) is 0 Å². The van der Waals surface area contributed by atoms with E-state index in [9.17, 15) is 4.79 Å². The Morgan fingerprint density at radius 2 is 1.87 bits per heavy atom. The summed E-state index contributed by atoms with van der Waals surface area (Å²) in [4.78, 5) is 21.0. The maximum Gasteiger partial charge on any atom is 0.338 e. The Kier molecular flexibility index (Phi) is 8.32. The summed E-state index contributed by atoms with van der Waals surface area (Å²) in [6.45, 7) is 3.78. The molecule has 2 heterocycles. The predicted molar refractivity (Wildman–Crippen MR) is 120 cm³/mol. The van der Waals surface area contributed by atoms with Gasteiger partial charge in [-0.2, -0.15) is 0 Å². The number of fused-ring (bicyclic) bond motifs is 1. The number of hydrogen-bond donors (Lipinski definition) is 0. The lowest BCUT2D eigenvalue weighted by molar-refractivity contribution is 0.0526. The molecule has 9 heteroatoms. The maximum absolute atomic E-state index is 12.1. The van der Waals surface area contributed by atoms with E-state index in [1.807, 2.05) is 42.9 Å². The predicted octanol–water partition coefficient (Wildman–Crippen LogP) is 3.17. The minimum atomic E-state index is -0.336. The molecule has 4 rings (SSSR count). The smallest absolute Gasteiger partial charge is 0.338 e. The number of aromatic nitrogens is 4. The summed E-state index contributed by atoms with van der Waals surface area (Å²) in [6.07, 6.45) is 6.47. The molecule has 8 nitrogen and oxygen atoms in total. The van der Waals surface area contributed by atoms with Crippen molar-refractivity contribution in [2.45, 2.75) is 26.4 Å². The Balaban J connectivity index is 0.00000171. The summed E-state index contributed by atoms with van der Waals surface area (Å²) in [5, 5.41) is 0.682. The summed E-state index contributed by atoms with van der Waals surface area (Å²) in [7, 11) is 0. The van der Waals surface area contributed by atoms with Gasteiger partial charge in [0.05, 0.1) is 29.5 Å². The van der Waals surface area contributed by atoms with Crippen molar-refractivity contribution in [3.05, 3.63) is 71.8 Å². The number of halogens is 1. The number of aryl methyl sites for hydroxylation is 2. The van der Waals surface area contributed by atoms with Gasteiger partial charge in [-0.3, -0.25) is 0 Å². The number of hydrogen-bond acceptors (Lipinski definition) is 4. The second-order valence-electron chi connectivity index (χ2n) is 6.67. The van der Waals surface area contributed by atoms with Crippen LogP contribution in [0.2, 0.25) is 5.02 Å². The lowest BCUT2D eigenvalue weighted by Gasteiger charge is -2.10. The molecule has 4 aromatic rings. The molecule has 0 atom stereocenters. The molecular weight excluding hydrogens is 420 g/mol. The minimum absolute atomic E-state index is 0. The molecule has 0 aliphatic rings. The molecule has 2 aromatic carbocycles. The van der Waals surface area contributed by atoms with Crippen molar-refractivity contribution >= 4 is 28.6 Å². The third-order valence-corrected chi connectivity index (χ3v) is 4.97. The maximum atomic E-state index is 12.1. The van der Waals surface area contributed by atoms with E-state index in [4.69, 9.17) is 21.3 Å². The largest absolute Gasteiger partial charge is 0.462 e. The number of nitrogens with zero attached hydrogens (tertiary/aromatic N) is 4. The summed E-state index contributed by atoms with van der Waals surface area (Å²) in [5.41, 5.74) is 3.23. The fourth-order valence-corrected chi connectivity index (χ4v) is 3.47. The molecule has 0 saturated heterocycles. The number of esters is 1. The Morgan fingerprint density at radius 1 is 1.10 bits per heavy atom. The standard InChI is InChI=1S/C22H21ClN4O2.2H2O/c1-2-29-22(28)17-6-9-20-19(14-17)25-21(16-4-7-18(23)8-5-16)27(20)12-3-11-26-13-10-24-15-26;;/h4-10,13-15H,2-3,11-12H2,1H3;2*1H2. The lowest BCUT2D eigenvalue weighted by atomic mass is 10.2. The van der Waals surface area contributed by atoms with Crippen LogP contribution in [0.25, 0.3) is 22.4 Å². The monoisotopic (exact) mass is 444 g/mol. The number of benzene rings is 2. The summed E-state index contributed by atoms with van der Waals surface area (Å²) in [6, 6.07) is 13.2. The second-order valence-corrected chi connectivity index (χ2v) is 7.11. The average molecular weight is 445 g/mol. The number of carbonyl (C=O) groups is 1. The molecule has 0 bridgehead atoms. The topological polar surface area (TPSA) is 125 Å². The van der Waals surface area contributed by atoms with Crippen LogP contribution in [0.1, 0.15) is 23.7 Å². The highest BCUT2D eigenvalue weighted by atomic mass is 35.5. The highest BCUT2D eigenvalue weighted by Crippen LogP contribution is 2.27. The van der Waals surface area contributed by atoms with Crippen molar-refractivity contribution in [2.75, 3.05) is 6.61 Å². The molecule has 164 valence electrons. The molecule has 0 aliphatic heterocycles. The van der Waals surface area contributed by atoms with Gasteiger partial charge in [-0.05, 0) is 55.8 Å². The number of ether oxygens (including phenoxy) is 1. The molecule has 0 saturated carbocycles. The van der Waals surface area contributed by atoms with Crippen LogP contribution in [0, 0.1) is 0 Å². The molecule has 31 heavy (non-hydrogen) atoms. The lowest BCUT2D eigenvalue weighted by Crippen LogP contribution is -2.05. The fraction of sp³-hybridized carbons (Fsp3) is 0.227. The normalized spacial score (nSPS) is 10.4. The van der Waals surface area contributed by atoms with Gasteiger partial charge in [0.1, 0.15) is 5.82 Å². The highest BCUT2D eigenvalue weighted by molar-refractivity contribution is 6.30. The first-order valence-corrected chi connectivity index (χ1v) is 9.92. The van der Waals surface area contributed by atoms with E-state index in [2.05, 4.69) is 14.1 Å². The van der Waals surface area contributed by atoms with E-state index in [1.165, 1.54) is 0 Å². The first kappa shape index (κ1) is 24.1. The zero-order valence-corrected chi connectivity index (χ0v) is 17.8. The van der Waals surface area contributed by atoms with Crippen molar-refractivity contribution in [3.63, 3.8) is 0 Å². The first-order chi connectivity index (χ1) is 14.2. The van der Waals surface area contributed by atoms with Crippen LogP contribution < -0.4 is 0 Å². The van der Waals surface area contributed by atoms with Crippen LogP contribution in [0.15, 0.2) is 61.2 Å². The molecule has 0 spiro atoms. The van der Waals surface area contributed by atoms with Gasteiger partial charge in [-0.25, -0.2) is 14.8 Å². The van der Waals surface area contributed by atoms with Gasteiger partial charge in [-0.1, -0.05) is 11.6 Å². The van der Waals surface area contributed by atoms with Gasteiger partial charge in [0, 0.05) is 36.1 Å². The van der Waals surface area contributed by atoms with Crippen molar-refractivity contribution in [1.82, 2.24) is 19.1 Å². The highest BCUT2D eigenvalue weighted by Gasteiger charge is 2.15. The van der Waals surface area contributed by atoms with Gasteiger partial charge in [0.25, 0.3) is 0 Å². The van der Waals surface area contributed by atoms with Crippen LogP contribution in [0.5, 0.6) is 0 Å². The van der Waals surface area contributed by atoms with Crippen LogP contribution in [0.3, 0.4) is 0 Å². The van der Waals surface area contributed by atoms with E-state index in [-0.39, 0.29) is 16.9 Å². The Bertz CT molecular complexity index is 1120. The zero-order valence-electron chi connectivity index (χ0n) is 17.1. The third-order valence-electron chi connectivity index (χ3n) is 4.72. The quantitative estimate of drug-likeness (QED) is 0.406. The Morgan fingerprint density at radius 3 is 2.55 bits per heavy atom. The SMILES string of the molecule is CCOC(=O)c1ccc2c(c1)nc(-c1ccc(Cl)cc1)n2CCCn1ccnc1.O.O. The van der Waals surface area contributed by atoms with Gasteiger partial charge in [0.2, 0.25) is 0 Å².